The van der Waals surface area contributed by atoms with Crippen LogP contribution in [0.3, 0.4) is 0 Å². The van der Waals surface area contributed by atoms with Crippen LogP contribution < -0.4 is 0 Å². The van der Waals surface area contributed by atoms with E-state index in [0.29, 0.717) is 24.4 Å². The van der Waals surface area contributed by atoms with Gasteiger partial charge in [0.1, 0.15) is 11.6 Å². The molecule has 0 aromatic heterocycles. The molecule has 0 aromatic carbocycles. The Morgan fingerprint density at radius 3 is 2.22 bits per heavy atom. The molecule has 0 spiro atoms. The van der Waals surface area contributed by atoms with Gasteiger partial charge in [-0.05, 0) is 38.0 Å². The summed E-state index contributed by atoms with van der Waals surface area (Å²) in [5.74, 6) is 0.721. The molecule has 0 saturated heterocycles. The lowest BCUT2D eigenvalue weighted by molar-refractivity contribution is -0.139. The van der Waals surface area contributed by atoms with Crippen LogP contribution in [0, 0.1) is 16.7 Å². The van der Waals surface area contributed by atoms with Crippen molar-refractivity contribution >= 4 is 11.6 Å². The summed E-state index contributed by atoms with van der Waals surface area (Å²) in [4.78, 5) is 25.3. The predicted octanol–water partition coefficient (Wildman–Crippen LogP) is 5.89. The lowest BCUT2D eigenvalue weighted by Crippen LogP contribution is -2.41. The molecule has 0 saturated carbocycles. The zero-order chi connectivity index (χ0) is 17.5. The van der Waals surface area contributed by atoms with Gasteiger partial charge in [0.05, 0.1) is 0 Å². The first-order valence-electron chi connectivity index (χ1n) is 9.39. The highest BCUT2D eigenvalue weighted by Gasteiger charge is 2.42. The molecule has 0 N–H and O–H groups in total. The Kier molecular flexibility index (Phi) is 7.70. The smallest absolute Gasteiger partial charge is 0.144 e. The Morgan fingerprint density at radius 2 is 1.52 bits per heavy atom. The van der Waals surface area contributed by atoms with Gasteiger partial charge in [-0.15, -0.1) is 0 Å². The third-order valence-electron chi connectivity index (χ3n) is 5.64. The fourth-order valence-corrected chi connectivity index (χ4v) is 3.53. The number of hydrogen-bond acceptors (Lipinski definition) is 2. The third kappa shape index (κ3) is 6.24. The van der Waals surface area contributed by atoms with Gasteiger partial charge in [-0.2, -0.15) is 0 Å². The number of Topliss-reactive ketones (excluding diaryl/α,β-unsaturated/α-hetero) is 2. The molecule has 0 amide bonds. The summed E-state index contributed by atoms with van der Waals surface area (Å²) in [7, 11) is 0. The number of hydrogen-bond donors (Lipinski definition) is 0. The van der Waals surface area contributed by atoms with Crippen LogP contribution in [0.15, 0.2) is 12.2 Å². The molecule has 0 aromatic rings. The molecule has 2 heteroatoms. The summed E-state index contributed by atoms with van der Waals surface area (Å²) < 4.78 is 0. The Morgan fingerprint density at radius 1 is 0.913 bits per heavy atom. The highest BCUT2D eigenvalue weighted by atomic mass is 16.1. The summed E-state index contributed by atoms with van der Waals surface area (Å²) in [5, 5.41) is 0. The average Bonchev–Trinajstić information content (AvgIpc) is 2.47. The van der Waals surface area contributed by atoms with Crippen LogP contribution in [0.25, 0.3) is 0 Å². The number of rotatable bonds is 0. The van der Waals surface area contributed by atoms with Crippen LogP contribution in [0.2, 0.25) is 0 Å². The molecule has 0 aliphatic heterocycles. The molecule has 0 radical (unpaired) electrons. The summed E-state index contributed by atoms with van der Waals surface area (Å²) in [6.07, 6.45) is 13.2. The van der Waals surface area contributed by atoms with Crippen molar-refractivity contribution in [3.63, 3.8) is 0 Å². The van der Waals surface area contributed by atoms with Gasteiger partial charge in [-0.1, -0.05) is 59.6 Å². The van der Waals surface area contributed by atoms with Crippen molar-refractivity contribution in [2.24, 2.45) is 16.7 Å². The molecular weight excluding hydrogens is 284 g/mol. The molecule has 1 aliphatic rings. The van der Waals surface area contributed by atoms with E-state index in [2.05, 4.69) is 32.9 Å². The second-order valence-corrected chi connectivity index (χ2v) is 8.54. The highest BCUT2D eigenvalue weighted by molar-refractivity contribution is 5.90. The van der Waals surface area contributed by atoms with Gasteiger partial charge in [0.2, 0.25) is 0 Å². The first-order chi connectivity index (χ1) is 10.7. The third-order valence-corrected chi connectivity index (χ3v) is 5.64. The molecule has 1 rings (SSSR count). The van der Waals surface area contributed by atoms with Crippen LogP contribution in [0.4, 0.5) is 0 Å². The monoisotopic (exact) mass is 320 g/mol. The Bertz CT molecular complexity index is 429. The van der Waals surface area contributed by atoms with E-state index in [1.54, 1.807) is 0 Å². The largest absolute Gasteiger partial charge is 0.300 e. The van der Waals surface area contributed by atoms with E-state index in [-0.39, 0.29) is 11.3 Å². The molecule has 0 bridgehead atoms. The van der Waals surface area contributed by atoms with Gasteiger partial charge in [0.25, 0.3) is 0 Å². The average molecular weight is 321 g/mol. The lowest BCUT2D eigenvalue weighted by atomic mass is 9.65. The minimum absolute atomic E-state index is 0.102. The van der Waals surface area contributed by atoms with Crippen LogP contribution >= 0.6 is 0 Å². The van der Waals surface area contributed by atoms with Gasteiger partial charge in [0.15, 0.2) is 0 Å². The van der Waals surface area contributed by atoms with Crippen molar-refractivity contribution < 1.29 is 9.59 Å². The van der Waals surface area contributed by atoms with Crippen LogP contribution in [-0.4, -0.2) is 11.6 Å². The van der Waals surface area contributed by atoms with Crippen molar-refractivity contribution in [2.75, 3.05) is 0 Å². The maximum absolute atomic E-state index is 13.1. The number of carbonyl (C=O) groups is 2. The first-order valence-corrected chi connectivity index (χ1v) is 9.39. The van der Waals surface area contributed by atoms with Crippen LogP contribution in [0.1, 0.15) is 92.4 Å². The van der Waals surface area contributed by atoms with E-state index in [1.807, 2.05) is 13.8 Å². The second-order valence-electron chi connectivity index (χ2n) is 8.54. The molecule has 0 fully saturated rings. The maximum atomic E-state index is 13.1. The summed E-state index contributed by atoms with van der Waals surface area (Å²) in [6.45, 7) is 10.2. The van der Waals surface area contributed by atoms with Crippen LogP contribution in [-0.2, 0) is 9.59 Å². The SMILES string of the molecule is CC1CC(=O)CCCCCCC=CCCC(C)(C)C(=O)C1(C)C. The van der Waals surface area contributed by atoms with Crippen LogP contribution in [0.5, 0.6) is 0 Å². The number of allylic oxidation sites excluding steroid dienone is 2. The molecular formula is C21H36O2. The van der Waals surface area contributed by atoms with Crippen molar-refractivity contribution in [1.82, 2.24) is 0 Å². The standard InChI is InChI=1S/C21H36O2/c1-17-16-18(22)14-12-10-8-6-7-9-11-13-15-20(2,3)19(23)21(17,4)5/h9,11,17H,6-8,10,12-16H2,1-5H3. The number of carbonyl (C=O) groups excluding carboxylic acids is 2. The first kappa shape index (κ1) is 20.1. The van der Waals surface area contributed by atoms with Gasteiger partial charge in [-0.3, -0.25) is 9.59 Å². The fraction of sp³-hybridized carbons (Fsp3) is 0.810. The topological polar surface area (TPSA) is 34.1 Å². The van der Waals surface area contributed by atoms with Crippen molar-refractivity contribution in [3.8, 4) is 0 Å². The molecule has 1 atom stereocenters. The van der Waals surface area contributed by atoms with Gasteiger partial charge >= 0.3 is 0 Å². The normalized spacial score (nSPS) is 27.8. The maximum Gasteiger partial charge on any atom is 0.144 e. The minimum atomic E-state index is -0.445. The number of ketones is 2. The van der Waals surface area contributed by atoms with E-state index >= 15 is 0 Å². The van der Waals surface area contributed by atoms with Gasteiger partial charge in [0, 0.05) is 23.7 Å². The van der Waals surface area contributed by atoms with Gasteiger partial charge < -0.3 is 0 Å². The summed E-state index contributed by atoms with van der Waals surface area (Å²) in [6, 6.07) is 0. The predicted molar refractivity (Wildman–Crippen MR) is 97.4 cm³/mol. The van der Waals surface area contributed by atoms with Crippen molar-refractivity contribution in [2.45, 2.75) is 92.4 Å². The molecule has 1 unspecified atom stereocenters. The lowest BCUT2D eigenvalue weighted by Gasteiger charge is -2.37. The van der Waals surface area contributed by atoms with E-state index in [9.17, 15) is 9.59 Å². The van der Waals surface area contributed by atoms with Crippen molar-refractivity contribution in [3.05, 3.63) is 12.2 Å². The summed E-state index contributed by atoms with van der Waals surface area (Å²) in [5.41, 5.74) is -0.776. The zero-order valence-corrected chi connectivity index (χ0v) is 15.9. The molecule has 1 aliphatic carbocycles. The van der Waals surface area contributed by atoms with E-state index in [0.717, 1.165) is 32.1 Å². The fourth-order valence-electron chi connectivity index (χ4n) is 3.53. The van der Waals surface area contributed by atoms with Gasteiger partial charge in [-0.25, -0.2) is 0 Å². The zero-order valence-electron chi connectivity index (χ0n) is 15.9. The Hall–Kier alpha value is -0.920. The van der Waals surface area contributed by atoms with E-state index in [1.165, 1.54) is 12.8 Å². The summed E-state index contributed by atoms with van der Waals surface area (Å²) >= 11 is 0. The minimum Gasteiger partial charge on any atom is -0.300 e. The Labute approximate surface area is 143 Å². The molecule has 2 nitrogen and oxygen atoms in total. The Balaban J connectivity index is 2.87. The van der Waals surface area contributed by atoms with E-state index < -0.39 is 5.41 Å². The van der Waals surface area contributed by atoms with E-state index in [4.69, 9.17) is 0 Å². The molecule has 132 valence electrons. The highest BCUT2D eigenvalue weighted by Crippen LogP contribution is 2.39. The van der Waals surface area contributed by atoms with Crippen molar-refractivity contribution in [1.29, 1.82) is 0 Å². The quantitative estimate of drug-likeness (QED) is 0.521. The molecule has 23 heavy (non-hydrogen) atoms. The second kappa shape index (κ2) is 8.80. The molecule has 0 heterocycles.